The number of benzene rings is 2. The third-order valence-corrected chi connectivity index (χ3v) is 4.68. The molecule has 0 aliphatic carbocycles. The maximum Gasteiger partial charge on any atom is 0.0505 e. The largest absolute Gasteiger partial charge is 0.384 e. The molecular formula is C25H31N. The van der Waals surface area contributed by atoms with Crippen LogP contribution >= 0.6 is 0 Å². The van der Waals surface area contributed by atoms with E-state index in [2.05, 4.69) is 105 Å². The predicted molar refractivity (Wildman–Crippen MR) is 114 cm³/mol. The summed E-state index contributed by atoms with van der Waals surface area (Å²) in [7, 11) is 0. The van der Waals surface area contributed by atoms with Gasteiger partial charge in [0, 0.05) is 0 Å². The summed E-state index contributed by atoms with van der Waals surface area (Å²) in [4.78, 5) is 0. The van der Waals surface area contributed by atoms with Gasteiger partial charge in [-0.15, -0.1) is 0 Å². The maximum atomic E-state index is 4.24. The van der Waals surface area contributed by atoms with E-state index >= 15 is 0 Å². The van der Waals surface area contributed by atoms with Crippen LogP contribution in [0.25, 0.3) is 0 Å². The third kappa shape index (κ3) is 6.76. The summed E-state index contributed by atoms with van der Waals surface area (Å²) in [5, 5.41) is 3.54. The van der Waals surface area contributed by atoms with Gasteiger partial charge in [0.05, 0.1) is 6.04 Å². The molecule has 0 saturated carbocycles. The Morgan fingerprint density at radius 1 is 0.923 bits per heavy atom. The monoisotopic (exact) mass is 345 g/mol. The smallest absolute Gasteiger partial charge is 0.0505 e. The van der Waals surface area contributed by atoms with Gasteiger partial charge in [-0.3, -0.25) is 0 Å². The first-order valence-electron chi connectivity index (χ1n) is 9.59. The normalized spacial score (nSPS) is 12.9. The fraction of sp³-hybridized carbons (Fsp3) is 0.280. The Hall–Kier alpha value is -2.54. The summed E-state index contributed by atoms with van der Waals surface area (Å²) in [6, 6.07) is 21.5. The zero-order valence-corrected chi connectivity index (χ0v) is 16.1. The fourth-order valence-corrected chi connectivity index (χ4v) is 2.93. The highest BCUT2D eigenvalue weighted by molar-refractivity contribution is 5.25. The summed E-state index contributed by atoms with van der Waals surface area (Å²) >= 11 is 0. The molecule has 2 rings (SSSR count). The molecule has 1 N–H and O–H groups in total. The van der Waals surface area contributed by atoms with Gasteiger partial charge >= 0.3 is 0 Å². The molecule has 0 spiro atoms. The Bertz CT molecular complexity index is 710. The van der Waals surface area contributed by atoms with E-state index in [1.165, 1.54) is 22.3 Å². The molecule has 2 aromatic rings. The summed E-state index contributed by atoms with van der Waals surface area (Å²) < 4.78 is 0. The van der Waals surface area contributed by atoms with Crippen LogP contribution in [0.1, 0.15) is 37.8 Å². The van der Waals surface area contributed by atoms with Crippen molar-refractivity contribution < 1.29 is 0 Å². The van der Waals surface area contributed by atoms with Gasteiger partial charge in [-0.25, -0.2) is 0 Å². The molecule has 1 unspecified atom stereocenters. The standard InChI is InChI=1S/C25H31N/c1-4-21(3)25(20-24-15-10-7-11-16-24)26-18-12-17-22(5-2)19-23-13-8-6-9-14-23/h6-18,25-26H,3-5,19-20H2,1-2H3/b18-12-,22-17+. The van der Waals surface area contributed by atoms with Crippen molar-refractivity contribution in [1.82, 2.24) is 5.32 Å². The molecule has 0 aromatic heterocycles. The van der Waals surface area contributed by atoms with Crippen LogP contribution in [0, 0.1) is 0 Å². The van der Waals surface area contributed by atoms with Crippen molar-refractivity contribution in [2.45, 2.75) is 45.6 Å². The second-order valence-corrected chi connectivity index (χ2v) is 6.62. The van der Waals surface area contributed by atoms with Crippen molar-refractivity contribution in [3.63, 3.8) is 0 Å². The SMILES string of the molecule is C=C(CC)C(Cc1ccccc1)N/C=C\C=C(/CC)Cc1ccccc1. The second kappa shape index (κ2) is 11.1. The molecule has 0 bridgehead atoms. The summed E-state index contributed by atoms with van der Waals surface area (Å²) in [6.45, 7) is 8.63. The van der Waals surface area contributed by atoms with E-state index in [-0.39, 0.29) is 6.04 Å². The molecular weight excluding hydrogens is 314 g/mol. The molecule has 136 valence electrons. The zero-order chi connectivity index (χ0) is 18.6. The molecule has 2 aromatic carbocycles. The van der Waals surface area contributed by atoms with Gasteiger partial charge in [0.15, 0.2) is 0 Å². The van der Waals surface area contributed by atoms with Gasteiger partial charge < -0.3 is 5.32 Å². The lowest BCUT2D eigenvalue weighted by Gasteiger charge is -2.19. The van der Waals surface area contributed by atoms with E-state index in [0.717, 1.165) is 25.7 Å². The number of hydrogen-bond donors (Lipinski definition) is 1. The van der Waals surface area contributed by atoms with Crippen molar-refractivity contribution in [2.24, 2.45) is 0 Å². The number of nitrogens with one attached hydrogen (secondary N) is 1. The van der Waals surface area contributed by atoms with Gasteiger partial charge in [-0.2, -0.15) is 0 Å². The number of rotatable bonds is 10. The molecule has 1 heteroatoms. The topological polar surface area (TPSA) is 12.0 Å². The van der Waals surface area contributed by atoms with Crippen LogP contribution in [-0.4, -0.2) is 6.04 Å². The van der Waals surface area contributed by atoms with Crippen LogP contribution in [0.3, 0.4) is 0 Å². The van der Waals surface area contributed by atoms with Crippen LogP contribution in [0.15, 0.2) is 96.7 Å². The minimum Gasteiger partial charge on any atom is -0.384 e. The van der Waals surface area contributed by atoms with Gasteiger partial charge in [0.25, 0.3) is 0 Å². The van der Waals surface area contributed by atoms with Crippen LogP contribution in [0.4, 0.5) is 0 Å². The Kier molecular flexibility index (Phi) is 8.48. The first-order valence-corrected chi connectivity index (χ1v) is 9.59. The average Bonchev–Trinajstić information content (AvgIpc) is 2.70. The number of allylic oxidation sites excluding steroid dienone is 3. The third-order valence-electron chi connectivity index (χ3n) is 4.68. The lowest BCUT2D eigenvalue weighted by atomic mass is 9.98. The summed E-state index contributed by atoms with van der Waals surface area (Å²) in [5.41, 5.74) is 5.37. The van der Waals surface area contributed by atoms with E-state index in [0.29, 0.717) is 0 Å². The minimum absolute atomic E-state index is 0.270. The maximum absolute atomic E-state index is 4.24. The molecule has 0 radical (unpaired) electrons. The highest BCUT2D eigenvalue weighted by atomic mass is 14.9. The van der Waals surface area contributed by atoms with E-state index in [1.807, 2.05) is 0 Å². The summed E-state index contributed by atoms with van der Waals surface area (Å²) in [6.07, 6.45) is 10.5. The highest BCUT2D eigenvalue weighted by Crippen LogP contribution is 2.13. The van der Waals surface area contributed by atoms with Crippen molar-refractivity contribution in [1.29, 1.82) is 0 Å². The first-order chi connectivity index (χ1) is 12.7. The lowest BCUT2D eigenvalue weighted by Crippen LogP contribution is -2.28. The summed E-state index contributed by atoms with van der Waals surface area (Å²) in [5.74, 6) is 0. The van der Waals surface area contributed by atoms with E-state index < -0.39 is 0 Å². The van der Waals surface area contributed by atoms with Gasteiger partial charge in [0.2, 0.25) is 0 Å². The van der Waals surface area contributed by atoms with Gasteiger partial charge in [-0.1, -0.05) is 98.3 Å². The Labute approximate surface area is 159 Å². The van der Waals surface area contributed by atoms with Crippen LogP contribution < -0.4 is 5.32 Å². The zero-order valence-electron chi connectivity index (χ0n) is 16.1. The van der Waals surface area contributed by atoms with Crippen molar-refractivity contribution in [3.05, 3.63) is 108 Å². The first kappa shape index (κ1) is 19.8. The van der Waals surface area contributed by atoms with Gasteiger partial charge in [-0.05, 0) is 49.1 Å². The van der Waals surface area contributed by atoms with Crippen LogP contribution in [0.2, 0.25) is 0 Å². The predicted octanol–water partition coefficient (Wildman–Crippen LogP) is 6.25. The van der Waals surface area contributed by atoms with Crippen molar-refractivity contribution in [3.8, 4) is 0 Å². The molecule has 0 heterocycles. The van der Waals surface area contributed by atoms with E-state index in [1.54, 1.807) is 0 Å². The fourth-order valence-electron chi connectivity index (χ4n) is 2.93. The highest BCUT2D eigenvalue weighted by Gasteiger charge is 2.09. The minimum atomic E-state index is 0.270. The molecule has 1 nitrogen and oxygen atoms in total. The van der Waals surface area contributed by atoms with Crippen LogP contribution in [-0.2, 0) is 12.8 Å². The van der Waals surface area contributed by atoms with E-state index in [4.69, 9.17) is 0 Å². The average molecular weight is 346 g/mol. The molecule has 26 heavy (non-hydrogen) atoms. The molecule has 0 fully saturated rings. The molecule has 0 aliphatic rings. The van der Waals surface area contributed by atoms with E-state index in [9.17, 15) is 0 Å². The van der Waals surface area contributed by atoms with Crippen LogP contribution in [0.5, 0.6) is 0 Å². The molecule has 0 amide bonds. The lowest BCUT2D eigenvalue weighted by molar-refractivity contribution is 0.644. The molecule has 0 saturated heterocycles. The van der Waals surface area contributed by atoms with Crippen molar-refractivity contribution in [2.75, 3.05) is 0 Å². The number of hydrogen-bond acceptors (Lipinski definition) is 1. The Balaban J connectivity index is 1.96. The van der Waals surface area contributed by atoms with Crippen molar-refractivity contribution >= 4 is 0 Å². The molecule has 1 atom stereocenters. The second-order valence-electron chi connectivity index (χ2n) is 6.62. The Morgan fingerprint density at radius 3 is 2.12 bits per heavy atom. The quantitative estimate of drug-likeness (QED) is 0.396. The van der Waals surface area contributed by atoms with Gasteiger partial charge in [0.1, 0.15) is 0 Å². The Morgan fingerprint density at radius 2 is 1.54 bits per heavy atom. The molecule has 0 aliphatic heterocycles.